The van der Waals surface area contributed by atoms with Crippen molar-refractivity contribution < 1.29 is 29.3 Å². The van der Waals surface area contributed by atoms with Crippen molar-refractivity contribution in [2.45, 2.75) is 144 Å². The molecule has 4 aliphatic rings. The van der Waals surface area contributed by atoms with E-state index in [0.29, 0.717) is 12.8 Å². The van der Waals surface area contributed by atoms with E-state index >= 15 is 0 Å². The zero-order valence-corrected chi connectivity index (χ0v) is 31.5. The van der Waals surface area contributed by atoms with Crippen molar-refractivity contribution in [2.75, 3.05) is 14.2 Å². The van der Waals surface area contributed by atoms with Gasteiger partial charge in [-0.15, -0.1) is 0 Å². The number of aliphatic hydroxyl groups is 2. The Morgan fingerprint density at radius 3 is 1.42 bits per heavy atom. The number of unbranched alkanes of at least 4 members (excludes halogenated alkanes) is 1. The Kier molecular flexibility index (Phi) is 12.0. The summed E-state index contributed by atoms with van der Waals surface area (Å²) < 4.78 is 10.6. The number of aliphatic hydroxyl groups excluding tert-OH is 2. The van der Waals surface area contributed by atoms with Gasteiger partial charge in [-0.2, -0.15) is 0 Å². The second-order valence-electron chi connectivity index (χ2n) is 17.1. The molecule has 10 atom stereocenters. The minimum Gasteiger partial charge on any atom is -0.469 e. The maximum absolute atomic E-state index is 12.9. The highest BCUT2D eigenvalue weighted by Crippen LogP contribution is 2.63. The molecule has 0 amide bonds. The van der Waals surface area contributed by atoms with Crippen molar-refractivity contribution in [3.63, 3.8) is 0 Å². The average molecular weight is 667 g/mol. The zero-order valence-electron chi connectivity index (χ0n) is 31.5. The Balaban J connectivity index is 1.37. The molecule has 0 aromatic rings. The predicted octanol–water partition coefficient (Wildman–Crippen LogP) is 9.07. The standard InChI is InChI=1S/C42H66O6/c1-27-17-19-35-39(5,21-13-23-41(35,7)37(45)47-9)31(27)25-33(43)29(3)15-11-12-16-30(4)34(44)26-32-28(2)18-20-36-40(32,6)22-14-24-42(36,8)38(46)48-10/h15-16,31-36,43-44H,1-2,11-14,17-26H2,3-10H3/b29-15+,30-16+/t31-,32-,33-,34-,35?,36?,39+,40+,41-,42-/m0/s1. The van der Waals surface area contributed by atoms with Crippen LogP contribution in [-0.4, -0.2) is 48.6 Å². The fraction of sp³-hybridized carbons (Fsp3) is 0.762. The molecule has 0 saturated heterocycles. The van der Waals surface area contributed by atoms with Crippen LogP contribution >= 0.6 is 0 Å². The summed E-state index contributed by atoms with van der Waals surface area (Å²) in [6.07, 6.45) is 15.4. The highest BCUT2D eigenvalue weighted by Gasteiger charge is 2.59. The summed E-state index contributed by atoms with van der Waals surface area (Å²) in [5, 5.41) is 22.8. The van der Waals surface area contributed by atoms with Gasteiger partial charge in [-0.1, -0.05) is 63.1 Å². The van der Waals surface area contributed by atoms with E-state index < -0.39 is 23.0 Å². The van der Waals surface area contributed by atoms with E-state index in [4.69, 9.17) is 9.47 Å². The van der Waals surface area contributed by atoms with Crippen LogP contribution in [0.4, 0.5) is 0 Å². The van der Waals surface area contributed by atoms with Crippen LogP contribution in [0.15, 0.2) is 47.6 Å². The lowest BCUT2D eigenvalue weighted by atomic mass is 9.46. The van der Waals surface area contributed by atoms with Gasteiger partial charge in [0.2, 0.25) is 0 Å². The van der Waals surface area contributed by atoms with E-state index in [1.165, 1.54) is 25.4 Å². The van der Waals surface area contributed by atoms with Gasteiger partial charge in [0.1, 0.15) is 0 Å². The lowest BCUT2D eigenvalue weighted by Gasteiger charge is -2.57. The van der Waals surface area contributed by atoms with Gasteiger partial charge in [0.15, 0.2) is 0 Å². The summed E-state index contributed by atoms with van der Waals surface area (Å²) in [5.41, 5.74) is 3.17. The number of allylic oxidation sites excluding steroid dienone is 4. The van der Waals surface area contributed by atoms with Crippen LogP contribution in [0.2, 0.25) is 0 Å². The molecule has 0 heterocycles. The first-order valence-electron chi connectivity index (χ1n) is 18.7. The molecule has 6 nitrogen and oxygen atoms in total. The van der Waals surface area contributed by atoms with Crippen molar-refractivity contribution >= 4 is 11.9 Å². The topological polar surface area (TPSA) is 93.1 Å². The fourth-order valence-corrected chi connectivity index (χ4v) is 11.4. The largest absolute Gasteiger partial charge is 0.469 e. The van der Waals surface area contributed by atoms with Crippen LogP contribution < -0.4 is 0 Å². The van der Waals surface area contributed by atoms with E-state index in [-0.39, 0.29) is 46.4 Å². The first-order chi connectivity index (χ1) is 22.5. The van der Waals surface area contributed by atoms with Gasteiger partial charge in [0.25, 0.3) is 0 Å². The van der Waals surface area contributed by atoms with Crippen LogP contribution in [0.1, 0.15) is 131 Å². The van der Waals surface area contributed by atoms with Crippen molar-refractivity contribution in [3.05, 3.63) is 47.6 Å². The summed E-state index contributed by atoms with van der Waals surface area (Å²) in [4.78, 5) is 25.9. The van der Waals surface area contributed by atoms with Crippen LogP contribution in [0.3, 0.4) is 0 Å². The van der Waals surface area contributed by atoms with E-state index in [1.54, 1.807) is 0 Å². The lowest BCUT2D eigenvalue weighted by Crippen LogP contribution is -2.54. The molecule has 4 rings (SSSR count). The predicted molar refractivity (Wildman–Crippen MR) is 193 cm³/mol. The molecule has 0 spiro atoms. The molecule has 0 radical (unpaired) electrons. The van der Waals surface area contributed by atoms with Crippen LogP contribution in [0, 0.1) is 45.3 Å². The van der Waals surface area contributed by atoms with Crippen LogP contribution in [0.5, 0.6) is 0 Å². The van der Waals surface area contributed by atoms with Crippen molar-refractivity contribution in [1.29, 1.82) is 0 Å². The number of ether oxygens (including phenoxy) is 2. The van der Waals surface area contributed by atoms with Gasteiger partial charge in [-0.3, -0.25) is 9.59 Å². The quantitative estimate of drug-likeness (QED) is 0.130. The van der Waals surface area contributed by atoms with E-state index in [9.17, 15) is 19.8 Å². The normalized spacial score (nSPS) is 38.8. The second kappa shape index (κ2) is 15.0. The molecular formula is C42H66O6. The number of fused-ring (bicyclic) bond motifs is 2. The molecule has 48 heavy (non-hydrogen) atoms. The van der Waals surface area contributed by atoms with Crippen LogP contribution in [-0.2, 0) is 19.1 Å². The molecule has 2 unspecified atom stereocenters. The molecule has 0 aliphatic heterocycles. The molecule has 0 bridgehead atoms. The van der Waals surface area contributed by atoms with Crippen molar-refractivity contribution in [1.82, 2.24) is 0 Å². The van der Waals surface area contributed by atoms with Gasteiger partial charge in [-0.25, -0.2) is 0 Å². The molecule has 6 heteroatoms. The smallest absolute Gasteiger partial charge is 0.311 e. The molecular weight excluding hydrogens is 600 g/mol. The number of rotatable bonds is 11. The Bertz CT molecular complexity index is 1200. The Morgan fingerprint density at radius 2 is 1.08 bits per heavy atom. The molecule has 4 aliphatic carbocycles. The van der Waals surface area contributed by atoms with E-state index in [1.807, 2.05) is 13.8 Å². The van der Waals surface area contributed by atoms with E-state index in [2.05, 4.69) is 53.0 Å². The Labute approximate surface area is 291 Å². The number of carbonyl (C=O) groups excluding carboxylic acids is 2. The van der Waals surface area contributed by atoms with Crippen molar-refractivity contribution in [2.24, 2.45) is 45.3 Å². The Hall–Kier alpha value is -2.18. The Morgan fingerprint density at radius 1 is 0.729 bits per heavy atom. The average Bonchev–Trinajstić information content (AvgIpc) is 3.04. The summed E-state index contributed by atoms with van der Waals surface area (Å²) in [6, 6.07) is 0. The van der Waals surface area contributed by atoms with Gasteiger partial charge in [0.05, 0.1) is 37.3 Å². The first-order valence-corrected chi connectivity index (χ1v) is 18.7. The second-order valence-corrected chi connectivity index (χ2v) is 17.1. The number of hydrogen-bond donors (Lipinski definition) is 2. The lowest BCUT2D eigenvalue weighted by molar-refractivity contribution is -0.168. The van der Waals surface area contributed by atoms with Gasteiger partial charge < -0.3 is 19.7 Å². The monoisotopic (exact) mass is 666 g/mol. The van der Waals surface area contributed by atoms with Crippen molar-refractivity contribution in [3.8, 4) is 0 Å². The third-order valence-corrected chi connectivity index (χ3v) is 14.4. The first kappa shape index (κ1) is 38.6. The van der Waals surface area contributed by atoms with Gasteiger partial charge in [-0.05, 0) is 150 Å². The van der Waals surface area contributed by atoms with Gasteiger partial charge in [0, 0.05) is 0 Å². The molecule has 0 aromatic heterocycles. The molecule has 270 valence electrons. The summed E-state index contributed by atoms with van der Waals surface area (Å²) >= 11 is 0. The molecule has 2 N–H and O–H groups in total. The summed E-state index contributed by atoms with van der Waals surface area (Å²) in [6.45, 7) is 21.7. The number of methoxy groups -OCH3 is 2. The minimum atomic E-state index is -0.568. The third kappa shape index (κ3) is 7.04. The van der Waals surface area contributed by atoms with E-state index in [0.717, 1.165) is 88.2 Å². The maximum atomic E-state index is 12.9. The van der Waals surface area contributed by atoms with Gasteiger partial charge >= 0.3 is 11.9 Å². The highest BCUT2D eigenvalue weighted by molar-refractivity contribution is 5.77. The summed E-state index contributed by atoms with van der Waals surface area (Å²) in [5.74, 6) is 0.531. The number of esters is 2. The number of hydrogen-bond acceptors (Lipinski definition) is 6. The SMILES string of the molecule is C=C1CCC2[C@](C)(CCC[C@]2(C)C(=O)OC)[C@H]1C[C@H](O)/C(C)=C/CC/C=C(\C)[C@@H](O)C[C@H]1C(=C)CCC2[C@]1(C)CCC[C@]2(C)C(=O)OC. The third-order valence-electron chi connectivity index (χ3n) is 14.4. The fourth-order valence-electron chi connectivity index (χ4n) is 11.4. The molecule has 4 fully saturated rings. The maximum Gasteiger partial charge on any atom is 0.311 e. The zero-order chi connectivity index (χ0) is 35.7. The molecule has 4 saturated carbocycles. The van der Waals surface area contributed by atoms with Crippen LogP contribution in [0.25, 0.3) is 0 Å². The molecule has 0 aromatic carbocycles. The number of carbonyl (C=O) groups is 2. The summed E-state index contributed by atoms with van der Waals surface area (Å²) in [7, 11) is 2.99. The highest BCUT2D eigenvalue weighted by atomic mass is 16.5. The minimum absolute atomic E-state index is 0.0932.